The van der Waals surface area contributed by atoms with E-state index in [9.17, 15) is 4.79 Å². The Labute approximate surface area is 128 Å². The van der Waals surface area contributed by atoms with Crippen molar-refractivity contribution in [2.75, 3.05) is 19.6 Å². The van der Waals surface area contributed by atoms with E-state index in [1.54, 1.807) is 0 Å². The van der Waals surface area contributed by atoms with Gasteiger partial charge < -0.3 is 10.5 Å². The Bertz CT molecular complexity index is 442. The molecule has 0 radical (unpaired) electrons. The highest BCUT2D eigenvalue weighted by Gasteiger charge is 2.45. The van der Waals surface area contributed by atoms with Gasteiger partial charge in [0.25, 0.3) is 0 Å². The number of piperidine rings is 1. The van der Waals surface area contributed by atoms with Crippen molar-refractivity contribution in [1.29, 1.82) is 0 Å². The van der Waals surface area contributed by atoms with E-state index in [-0.39, 0.29) is 5.97 Å². The molecule has 0 amide bonds. The van der Waals surface area contributed by atoms with Crippen molar-refractivity contribution in [3.63, 3.8) is 0 Å². The molecule has 0 aromatic rings. The molecule has 21 heavy (non-hydrogen) atoms. The first-order valence-electron chi connectivity index (χ1n) is 7.94. The maximum absolute atomic E-state index is 12.9. The molecule has 2 N–H and O–H groups in total. The van der Waals surface area contributed by atoms with Crippen molar-refractivity contribution in [3.05, 3.63) is 23.8 Å². The Morgan fingerprint density at radius 3 is 2.48 bits per heavy atom. The van der Waals surface area contributed by atoms with Gasteiger partial charge in [-0.2, -0.15) is 0 Å². The zero-order chi connectivity index (χ0) is 15.5. The molecular weight excluding hydrogens is 264 g/mol. The Morgan fingerprint density at radius 1 is 1.33 bits per heavy atom. The minimum Gasteiger partial charge on any atom is -0.458 e. The summed E-state index contributed by atoms with van der Waals surface area (Å²) in [6.45, 7) is 8.18. The van der Waals surface area contributed by atoms with Gasteiger partial charge >= 0.3 is 5.97 Å². The lowest BCUT2D eigenvalue weighted by atomic mass is 9.85. The van der Waals surface area contributed by atoms with Crippen LogP contribution in [0.2, 0.25) is 0 Å². The van der Waals surface area contributed by atoms with Crippen molar-refractivity contribution in [3.8, 4) is 0 Å². The summed E-state index contributed by atoms with van der Waals surface area (Å²) in [5.74, 6) is -0.138. The van der Waals surface area contributed by atoms with E-state index in [0.29, 0.717) is 13.0 Å². The number of rotatable bonds is 3. The van der Waals surface area contributed by atoms with Gasteiger partial charge in [-0.1, -0.05) is 24.6 Å². The van der Waals surface area contributed by atoms with E-state index in [4.69, 9.17) is 10.5 Å². The number of carbonyl (C=O) groups excluding carboxylic acids is 1. The molecule has 0 aromatic heterocycles. The largest absolute Gasteiger partial charge is 0.458 e. The molecule has 0 aromatic carbocycles. The molecule has 1 unspecified atom stereocenters. The van der Waals surface area contributed by atoms with Gasteiger partial charge in [0.2, 0.25) is 0 Å². The van der Waals surface area contributed by atoms with Gasteiger partial charge in [-0.3, -0.25) is 4.90 Å². The number of likely N-dealkylation sites (tertiary alicyclic amines) is 1. The molecule has 1 heterocycles. The van der Waals surface area contributed by atoms with Crippen LogP contribution in [0.4, 0.5) is 0 Å². The normalized spacial score (nSPS) is 27.3. The van der Waals surface area contributed by atoms with Gasteiger partial charge in [-0.15, -0.1) is 0 Å². The molecule has 0 spiro atoms. The van der Waals surface area contributed by atoms with Crippen molar-refractivity contribution in [1.82, 2.24) is 4.90 Å². The first-order chi connectivity index (χ1) is 9.87. The van der Waals surface area contributed by atoms with E-state index >= 15 is 0 Å². The average Bonchev–Trinajstić information content (AvgIpc) is 2.46. The van der Waals surface area contributed by atoms with Gasteiger partial charge in [0, 0.05) is 6.54 Å². The van der Waals surface area contributed by atoms with Gasteiger partial charge in [-0.05, 0) is 58.7 Å². The number of ether oxygens (including phenoxy) is 1. The quantitative estimate of drug-likeness (QED) is 0.812. The zero-order valence-corrected chi connectivity index (χ0v) is 13.5. The van der Waals surface area contributed by atoms with Crippen molar-refractivity contribution in [2.24, 2.45) is 5.73 Å². The average molecular weight is 292 g/mol. The molecule has 118 valence electrons. The molecular formula is C17H28N2O2. The van der Waals surface area contributed by atoms with E-state index in [0.717, 1.165) is 31.5 Å². The lowest BCUT2D eigenvalue weighted by Gasteiger charge is -2.43. The zero-order valence-electron chi connectivity index (χ0n) is 13.5. The maximum atomic E-state index is 12.9. The van der Waals surface area contributed by atoms with Crippen LogP contribution in [0.15, 0.2) is 23.8 Å². The molecule has 1 aliphatic heterocycles. The van der Waals surface area contributed by atoms with Gasteiger partial charge in [-0.25, -0.2) is 4.79 Å². The number of esters is 1. The van der Waals surface area contributed by atoms with Crippen LogP contribution in [-0.4, -0.2) is 41.6 Å². The van der Waals surface area contributed by atoms with E-state index in [1.165, 1.54) is 6.42 Å². The van der Waals surface area contributed by atoms with Gasteiger partial charge in [0.15, 0.2) is 0 Å². The Morgan fingerprint density at radius 2 is 2.00 bits per heavy atom. The number of nitrogens with zero attached hydrogens (tertiary/aromatic N) is 1. The van der Waals surface area contributed by atoms with Crippen LogP contribution in [0.3, 0.4) is 0 Å². The maximum Gasteiger partial charge on any atom is 0.331 e. The molecule has 1 saturated heterocycles. The fraction of sp³-hybridized carbons (Fsp3) is 0.706. The second-order valence-corrected chi connectivity index (χ2v) is 6.99. The lowest BCUT2D eigenvalue weighted by molar-refractivity contribution is -0.167. The highest BCUT2D eigenvalue weighted by atomic mass is 16.6. The van der Waals surface area contributed by atoms with Crippen molar-refractivity contribution in [2.45, 2.75) is 57.6 Å². The monoisotopic (exact) mass is 292 g/mol. The molecule has 0 bridgehead atoms. The Hall–Kier alpha value is -1.13. The topological polar surface area (TPSA) is 55.6 Å². The van der Waals surface area contributed by atoms with Crippen LogP contribution in [0, 0.1) is 0 Å². The third-order valence-electron chi connectivity index (χ3n) is 4.16. The van der Waals surface area contributed by atoms with Crippen LogP contribution in [0.25, 0.3) is 0 Å². The molecule has 4 nitrogen and oxygen atoms in total. The number of hydrogen-bond acceptors (Lipinski definition) is 4. The van der Waals surface area contributed by atoms with Crippen LogP contribution < -0.4 is 5.73 Å². The summed E-state index contributed by atoms with van der Waals surface area (Å²) in [5.41, 5.74) is 5.67. The number of hydrogen-bond donors (Lipinski definition) is 1. The van der Waals surface area contributed by atoms with Crippen molar-refractivity contribution < 1.29 is 9.53 Å². The molecule has 4 heteroatoms. The second-order valence-electron chi connectivity index (χ2n) is 6.99. The van der Waals surface area contributed by atoms with Crippen LogP contribution in [0.5, 0.6) is 0 Å². The first kappa shape index (κ1) is 16.2. The minimum atomic E-state index is -0.646. The predicted molar refractivity (Wildman–Crippen MR) is 84.9 cm³/mol. The third-order valence-corrected chi connectivity index (χ3v) is 4.16. The smallest absolute Gasteiger partial charge is 0.331 e. The molecule has 2 aliphatic rings. The molecule has 1 aliphatic carbocycles. The fourth-order valence-electron chi connectivity index (χ4n) is 2.99. The Kier molecular flexibility index (Phi) is 4.89. The molecule has 1 fully saturated rings. The summed E-state index contributed by atoms with van der Waals surface area (Å²) >= 11 is 0. The summed E-state index contributed by atoms with van der Waals surface area (Å²) in [4.78, 5) is 15.1. The van der Waals surface area contributed by atoms with E-state index in [2.05, 4.69) is 11.0 Å². The van der Waals surface area contributed by atoms with E-state index in [1.807, 2.05) is 32.9 Å². The molecule has 1 atom stereocenters. The summed E-state index contributed by atoms with van der Waals surface area (Å²) in [5, 5.41) is 0. The summed E-state index contributed by atoms with van der Waals surface area (Å²) in [7, 11) is 0. The van der Waals surface area contributed by atoms with Crippen LogP contribution in [0.1, 0.15) is 46.5 Å². The van der Waals surface area contributed by atoms with Crippen molar-refractivity contribution >= 4 is 5.97 Å². The van der Waals surface area contributed by atoms with Crippen LogP contribution >= 0.6 is 0 Å². The van der Waals surface area contributed by atoms with Gasteiger partial charge in [0.1, 0.15) is 11.1 Å². The predicted octanol–water partition coefficient (Wildman–Crippen LogP) is 2.40. The molecule has 2 rings (SSSR count). The summed E-state index contributed by atoms with van der Waals surface area (Å²) in [6, 6.07) is 0. The highest BCUT2D eigenvalue weighted by Crippen LogP contribution is 2.32. The standard InChI is InChI=1S/C17H28N2O2/c1-16(2,3)21-15(20)17(19-11-5-4-6-12-19)9-7-14(13-18)8-10-17/h7-9H,4-6,10-13,18H2,1-3H3. The van der Waals surface area contributed by atoms with E-state index < -0.39 is 11.1 Å². The Balaban J connectivity index is 2.25. The number of nitrogens with two attached hydrogens (primary N) is 1. The highest BCUT2D eigenvalue weighted by molar-refractivity contribution is 5.85. The SMILES string of the molecule is CC(C)(C)OC(=O)C1(N2CCCCC2)C=CC(CN)=CC1. The first-order valence-corrected chi connectivity index (χ1v) is 7.94. The summed E-state index contributed by atoms with van der Waals surface area (Å²) in [6.07, 6.45) is 10.3. The second kappa shape index (κ2) is 6.32. The number of carbonyl (C=O) groups is 1. The fourth-order valence-corrected chi connectivity index (χ4v) is 2.99. The van der Waals surface area contributed by atoms with Crippen LogP contribution in [-0.2, 0) is 9.53 Å². The van der Waals surface area contributed by atoms with Gasteiger partial charge in [0.05, 0.1) is 0 Å². The lowest BCUT2D eigenvalue weighted by Crippen LogP contribution is -2.57. The summed E-state index contributed by atoms with van der Waals surface area (Å²) < 4.78 is 5.71. The third kappa shape index (κ3) is 3.74. The molecule has 0 saturated carbocycles. The minimum absolute atomic E-state index is 0.138.